The molecule has 0 unspecified atom stereocenters. The SMILES string of the molecule is C[CH]=[Ti+].[CH2-]C(C)=O. The standard InChI is InChI=1S/C3H5O.C2H4.Ti/c1-3(2)4;1-2;/h1H2,2H3;1H,2H3;/q-1;;+1. The summed E-state index contributed by atoms with van der Waals surface area (Å²) in [5, 5.41) is 0. The molecule has 7 heavy (non-hydrogen) atoms. The summed E-state index contributed by atoms with van der Waals surface area (Å²) in [6.07, 6.45) is 0. The molecular weight excluding hydrogens is 124 g/mol. The van der Waals surface area contributed by atoms with Crippen LogP contribution >= 0.6 is 0 Å². The van der Waals surface area contributed by atoms with Gasteiger partial charge in [-0.15, -0.1) is 0 Å². The zero-order valence-corrected chi connectivity index (χ0v) is 6.25. The number of hydrogen-bond donors (Lipinski definition) is 0. The Bertz CT molecular complexity index is 55.1. The minimum Gasteiger partial charge on any atom is -0.340 e. The average molecular weight is 133 g/mol. The molecule has 0 heterocycles. The Morgan fingerprint density at radius 3 is 1.86 bits per heavy atom. The summed E-state index contributed by atoms with van der Waals surface area (Å²) in [5.41, 5.74) is 0. The van der Waals surface area contributed by atoms with Crippen molar-refractivity contribution < 1.29 is 24.8 Å². The van der Waals surface area contributed by atoms with E-state index in [9.17, 15) is 4.79 Å². The van der Waals surface area contributed by atoms with Gasteiger partial charge in [0.2, 0.25) is 0 Å². The van der Waals surface area contributed by atoms with Crippen LogP contribution < -0.4 is 0 Å². The second kappa shape index (κ2) is 9.45. The van der Waals surface area contributed by atoms with Gasteiger partial charge in [0.1, 0.15) is 0 Å². The number of ketones is 1. The Labute approximate surface area is 56.0 Å². The minimum atomic E-state index is -0.0833. The van der Waals surface area contributed by atoms with E-state index in [1.54, 1.807) is 0 Å². The fraction of sp³-hybridized carbons (Fsp3) is 0.400. The molecule has 0 spiro atoms. The Morgan fingerprint density at radius 1 is 1.86 bits per heavy atom. The van der Waals surface area contributed by atoms with Crippen LogP contribution in [-0.4, -0.2) is 10.1 Å². The number of Topliss-reactive ketones (excluding diaryl/α,β-unsaturated/α-hetero) is 1. The average Bonchev–Trinajstić information content (AvgIpc) is 1.33. The van der Waals surface area contributed by atoms with Crippen molar-refractivity contribution in [1.82, 2.24) is 0 Å². The molecule has 0 bridgehead atoms. The molecule has 0 aliphatic rings. The van der Waals surface area contributed by atoms with Gasteiger partial charge in [-0.2, -0.15) is 0 Å². The molecule has 0 fully saturated rings. The van der Waals surface area contributed by atoms with E-state index in [1.807, 2.05) is 31.2 Å². The summed E-state index contributed by atoms with van der Waals surface area (Å²) >= 11 is 2.00. The molecule has 1 nitrogen and oxygen atoms in total. The van der Waals surface area contributed by atoms with E-state index in [-0.39, 0.29) is 5.78 Å². The first-order valence-corrected chi connectivity index (χ1v) is 2.83. The third kappa shape index (κ3) is 6740. The summed E-state index contributed by atoms with van der Waals surface area (Å²) in [7, 11) is 0. The second-order valence-corrected chi connectivity index (χ2v) is 1.89. The fourth-order valence-electron chi connectivity index (χ4n) is 0. The van der Waals surface area contributed by atoms with Crippen molar-refractivity contribution in [3.63, 3.8) is 0 Å². The van der Waals surface area contributed by atoms with E-state index in [4.69, 9.17) is 0 Å². The third-order valence-electron chi connectivity index (χ3n) is 0. The molecule has 0 aliphatic carbocycles. The van der Waals surface area contributed by atoms with Gasteiger partial charge in [0.15, 0.2) is 0 Å². The molecular formula is C5H9OTi. The molecule has 0 radical (unpaired) electrons. The van der Waals surface area contributed by atoms with Gasteiger partial charge < -0.3 is 11.7 Å². The van der Waals surface area contributed by atoms with E-state index in [2.05, 4.69) is 6.92 Å². The van der Waals surface area contributed by atoms with Crippen LogP contribution in [-0.2, 0) is 24.8 Å². The van der Waals surface area contributed by atoms with Gasteiger partial charge in [0, 0.05) is 0 Å². The molecule has 39 valence electrons. The van der Waals surface area contributed by atoms with Crippen molar-refractivity contribution >= 4 is 10.1 Å². The molecule has 0 aromatic carbocycles. The predicted molar refractivity (Wildman–Crippen MR) is 27.8 cm³/mol. The van der Waals surface area contributed by atoms with Gasteiger partial charge in [-0.25, -0.2) is 0 Å². The van der Waals surface area contributed by atoms with E-state index in [1.165, 1.54) is 6.92 Å². The maximum Gasteiger partial charge on any atom is -0.00695 e. The van der Waals surface area contributed by atoms with Crippen LogP contribution in [0.3, 0.4) is 0 Å². The third-order valence-corrected chi connectivity index (χ3v) is 0. The Kier molecular flexibility index (Phi) is 13.7. The predicted octanol–water partition coefficient (Wildman–Crippen LogP) is 0.765. The van der Waals surface area contributed by atoms with Crippen molar-refractivity contribution in [3.8, 4) is 0 Å². The molecule has 0 N–H and O–H groups in total. The van der Waals surface area contributed by atoms with Crippen molar-refractivity contribution in [2.75, 3.05) is 0 Å². The zero-order chi connectivity index (χ0) is 6.28. The van der Waals surface area contributed by atoms with Crippen molar-refractivity contribution in [2.45, 2.75) is 13.8 Å². The van der Waals surface area contributed by atoms with E-state index in [0.29, 0.717) is 0 Å². The smallest absolute Gasteiger partial charge is 0.00695 e. The summed E-state index contributed by atoms with van der Waals surface area (Å²) in [6.45, 7) is 6.42. The first kappa shape index (κ1) is 10.2. The van der Waals surface area contributed by atoms with Crippen molar-refractivity contribution in [3.05, 3.63) is 6.92 Å². The van der Waals surface area contributed by atoms with Gasteiger partial charge >= 0.3 is 31.2 Å². The molecule has 0 aromatic rings. The molecule has 0 aromatic heterocycles. The van der Waals surface area contributed by atoms with Crippen molar-refractivity contribution in [2.24, 2.45) is 0 Å². The van der Waals surface area contributed by atoms with Gasteiger partial charge in [-0.05, 0) is 12.7 Å². The van der Waals surface area contributed by atoms with Gasteiger partial charge in [0.25, 0.3) is 0 Å². The number of rotatable bonds is 0. The van der Waals surface area contributed by atoms with Gasteiger partial charge in [0.05, 0.1) is 0 Å². The first-order chi connectivity index (χ1) is 3.15. The number of carbonyl (C=O) groups is 1. The molecule has 0 saturated carbocycles. The number of hydrogen-bond acceptors (Lipinski definition) is 1. The topological polar surface area (TPSA) is 17.1 Å². The summed E-state index contributed by atoms with van der Waals surface area (Å²) in [4.78, 5) is 9.33. The van der Waals surface area contributed by atoms with Crippen LogP contribution in [0, 0.1) is 6.92 Å². The molecule has 0 aliphatic heterocycles. The molecule has 0 rings (SSSR count). The number of carbonyl (C=O) groups excluding carboxylic acids is 1. The second-order valence-electron chi connectivity index (χ2n) is 0.991. The first-order valence-electron chi connectivity index (χ1n) is 1.92. The van der Waals surface area contributed by atoms with Crippen LogP contribution in [0.4, 0.5) is 0 Å². The molecule has 0 amide bonds. The Morgan fingerprint density at radius 2 is 1.86 bits per heavy atom. The minimum absolute atomic E-state index is 0.0833. The van der Waals surface area contributed by atoms with E-state index < -0.39 is 0 Å². The monoisotopic (exact) mass is 133 g/mol. The van der Waals surface area contributed by atoms with Gasteiger partial charge in [-0.1, -0.05) is 0 Å². The largest absolute Gasteiger partial charge is 0.340 e. The normalized spacial score (nSPS) is 5.71. The zero-order valence-electron chi connectivity index (χ0n) is 4.69. The quantitative estimate of drug-likeness (QED) is 0.352. The van der Waals surface area contributed by atoms with Crippen LogP contribution in [0.25, 0.3) is 0 Å². The Hall–Kier alpha value is 0.124. The van der Waals surface area contributed by atoms with E-state index in [0.717, 1.165) is 0 Å². The van der Waals surface area contributed by atoms with Crippen LogP contribution in [0.1, 0.15) is 13.8 Å². The summed E-state index contributed by atoms with van der Waals surface area (Å²) in [6, 6.07) is 0. The molecule has 0 atom stereocenters. The van der Waals surface area contributed by atoms with Crippen molar-refractivity contribution in [1.29, 1.82) is 0 Å². The van der Waals surface area contributed by atoms with Crippen LogP contribution in [0.2, 0.25) is 0 Å². The van der Waals surface area contributed by atoms with E-state index >= 15 is 0 Å². The van der Waals surface area contributed by atoms with Crippen LogP contribution in [0.5, 0.6) is 0 Å². The maximum absolute atomic E-state index is 9.33. The maximum atomic E-state index is 9.33. The summed E-state index contributed by atoms with van der Waals surface area (Å²) in [5.74, 6) is -0.0833. The Balaban J connectivity index is 0. The summed E-state index contributed by atoms with van der Waals surface area (Å²) < 4.78 is 2.00. The molecule has 2 heteroatoms. The van der Waals surface area contributed by atoms with Crippen LogP contribution in [0.15, 0.2) is 0 Å². The van der Waals surface area contributed by atoms with Gasteiger partial charge in [-0.3, -0.25) is 0 Å². The molecule has 0 saturated heterocycles. The fourth-order valence-corrected chi connectivity index (χ4v) is 0.